The van der Waals surface area contributed by atoms with E-state index in [0.717, 1.165) is 0 Å². The van der Waals surface area contributed by atoms with Gasteiger partial charge in [0, 0.05) is 6.42 Å². The van der Waals surface area contributed by atoms with Crippen LogP contribution >= 0.6 is 17.0 Å². The van der Waals surface area contributed by atoms with Gasteiger partial charge in [-0.05, 0) is 59.6 Å². The van der Waals surface area contributed by atoms with E-state index < -0.39 is 20.8 Å². The minimum atomic E-state index is -0.826. The molecule has 2 aromatic rings. The van der Waals surface area contributed by atoms with Crippen molar-refractivity contribution in [2.24, 2.45) is 0 Å². The van der Waals surface area contributed by atoms with Gasteiger partial charge in [-0.15, -0.1) is 0 Å². The molecule has 4 rings (SSSR count). The maximum atomic E-state index is 4.93. The fourth-order valence-electron chi connectivity index (χ4n) is 3.51. The second kappa shape index (κ2) is 7.48. The van der Waals surface area contributed by atoms with Crippen LogP contribution in [0.25, 0.3) is 17.2 Å². The predicted octanol–water partition coefficient (Wildman–Crippen LogP) is 6.19. The van der Waals surface area contributed by atoms with Crippen molar-refractivity contribution in [3.63, 3.8) is 0 Å². The molecular weight excluding hydrogens is 390 g/mol. The molecule has 0 unspecified atom stereocenters. The number of fused-ring (bicyclic) bond motifs is 2. The van der Waals surface area contributed by atoms with Gasteiger partial charge >= 0.3 is 37.9 Å². The molecule has 0 aliphatic heterocycles. The number of aryl methyl sites for hydroxylation is 1. The number of allylic oxidation sites excluding steroid dienone is 1. The molecule has 0 nitrogen and oxygen atoms in total. The van der Waals surface area contributed by atoms with E-state index in [2.05, 4.69) is 55.8 Å². The van der Waals surface area contributed by atoms with E-state index in [9.17, 15) is 0 Å². The van der Waals surface area contributed by atoms with E-state index in [0.29, 0.717) is 0 Å². The Morgan fingerprint density at radius 2 is 1.77 bits per heavy atom. The van der Waals surface area contributed by atoms with Gasteiger partial charge in [0.15, 0.2) is 0 Å². The third kappa shape index (κ3) is 3.28. The van der Waals surface area contributed by atoms with Crippen LogP contribution in [0.4, 0.5) is 0 Å². The van der Waals surface area contributed by atoms with Gasteiger partial charge in [-0.2, -0.15) is 0 Å². The second-order valence-corrected chi connectivity index (χ2v) is 9.45. The summed E-state index contributed by atoms with van der Waals surface area (Å²) in [6, 6.07) is 13.3. The number of hydrogen-bond acceptors (Lipinski definition) is 0. The Morgan fingerprint density at radius 1 is 1.05 bits per heavy atom. The maximum absolute atomic E-state index is 4.93. The number of halogens is 2. The summed E-state index contributed by atoms with van der Waals surface area (Å²) in [5.41, 5.74) is 10.2. The third-order valence-electron chi connectivity index (χ3n) is 4.29. The van der Waals surface area contributed by atoms with E-state index in [1.54, 1.807) is 11.1 Å². The Hall–Kier alpha value is -0.357. The molecule has 3 heteroatoms. The molecule has 0 atom stereocenters. The van der Waals surface area contributed by atoms with E-state index >= 15 is 0 Å². The molecule has 2 aromatic carbocycles. The quantitative estimate of drug-likeness (QED) is 0.529. The first-order valence-electron chi connectivity index (χ1n) is 7.48. The summed E-state index contributed by atoms with van der Waals surface area (Å²) in [4.78, 5) is 0. The van der Waals surface area contributed by atoms with Crippen LogP contribution in [0.15, 0.2) is 42.0 Å². The summed E-state index contributed by atoms with van der Waals surface area (Å²) in [6.07, 6.45) is 8.45. The minimum absolute atomic E-state index is 0.826. The first kappa shape index (κ1) is 16.5. The van der Waals surface area contributed by atoms with Crippen molar-refractivity contribution in [2.45, 2.75) is 26.2 Å². The van der Waals surface area contributed by atoms with E-state index in [1.165, 1.54) is 47.1 Å². The Kier molecular flexibility index (Phi) is 5.61. The number of rotatable bonds is 1. The van der Waals surface area contributed by atoms with Crippen LogP contribution in [0.2, 0.25) is 0 Å². The van der Waals surface area contributed by atoms with Gasteiger partial charge in [0.2, 0.25) is 0 Å². The van der Waals surface area contributed by atoms with Crippen LogP contribution in [0.3, 0.4) is 0 Å². The van der Waals surface area contributed by atoms with Crippen LogP contribution < -0.4 is 0 Å². The molecule has 0 saturated heterocycles. The van der Waals surface area contributed by atoms with Crippen LogP contribution in [-0.2, 0) is 33.7 Å². The van der Waals surface area contributed by atoms with Crippen molar-refractivity contribution in [1.82, 2.24) is 0 Å². The summed E-state index contributed by atoms with van der Waals surface area (Å²) in [6.45, 7) is 2.19. The molecule has 2 aliphatic carbocycles. The Bertz CT molecular complexity index is 705. The molecule has 0 aromatic heterocycles. The zero-order chi connectivity index (χ0) is 15.5. The number of benzene rings is 2. The van der Waals surface area contributed by atoms with Crippen molar-refractivity contribution >= 4 is 23.1 Å². The first-order valence-corrected chi connectivity index (χ1v) is 13.8. The third-order valence-corrected chi connectivity index (χ3v) is 4.29. The fraction of sp³-hybridized carbons (Fsp3) is 0.211. The van der Waals surface area contributed by atoms with Gasteiger partial charge in [-0.25, -0.2) is 0 Å². The summed E-state index contributed by atoms with van der Waals surface area (Å²) in [5.74, 6) is 0. The zero-order valence-electron chi connectivity index (χ0n) is 12.5. The monoisotopic (exact) mass is 405 g/mol. The van der Waals surface area contributed by atoms with Crippen LogP contribution in [0.1, 0.15) is 35.6 Å². The fourth-order valence-corrected chi connectivity index (χ4v) is 3.51. The average Bonchev–Trinajstić information content (AvgIpc) is 3.11. The molecule has 0 amide bonds. The predicted molar refractivity (Wildman–Crippen MR) is 92.7 cm³/mol. The van der Waals surface area contributed by atoms with E-state index in [1.807, 2.05) is 0 Å². The molecule has 0 N–H and O–H groups in total. The van der Waals surface area contributed by atoms with Crippen molar-refractivity contribution in [3.05, 3.63) is 70.6 Å². The molecule has 0 spiro atoms. The van der Waals surface area contributed by atoms with Crippen LogP contribution in [0.5, 0.6) is 0 Å². The van der Waals surface area contributed by atoms with Crippen molar-refractivity contribution in [3.8, 4) is 11.1 Å². The topological polar surface area (TPSA) is 0 Å². The summed E-state index contributed by atoms with van der Waals surface area (Å²) >= 11 is -0.826. The average molecular weight is 407 g/mol. The van der Waals surface area contributed by atoms with E-state index in [-0.39, 0.29) is 0 Å². The van der Waals surface area contributed by atoms with E-state index in [4.69, 9.17) is 17.0 Å². The SMILES string of the molecule is CC1=Cc2c(cc3c(c2-c2ccccc2)CCC3)[CH]1.[Cl][Zr][Cl]. The van der Waals surface area contributed by atoms with Gasteiger partial charge < -0.3 is 0 Å². The van der Waals surface area contributed by atoms with Crippen molar-refractivity contribution < 1.29 is 20.8 Å². The Morgan fingerprint density at radius 3 is 2.50 bits per heavy atom. The molecular formula is C19H17Cl2Zr. The zero-order valence-corrected chi connectivity index (χ0v) is 16.5. The van der Waals surface area contributed by atoms with Crippen LogP contribution in [-0.4, -0.2) is 0 Å². The molecule has 1 radical (unpaired) electrons. The Labute approximate surface area is 151 Å². The van der Waals surface area contributed by atoms with Crippen molar-refractivity contribution in [2.75, 3.05) is 0 Å². The molecule has 0 bridgehead atoms. The molecule has 0 saturated carbocycles. The Balaban J connectivity index is 0.000000446. The molecule has 111 valence electrons. The first-order chi connectivity index (χ1) is 10.7. The van der Waals surface area contributed by atoms with Gasteiger partial charge in [-0.3, -0.25) is 0 Å². The van der Waals surface area contributed by atoms with Crippen LogP contribution in [0, 0.1) is 6.42 Å². The second-order valence-electron chi connectivity index (χ2n) is 5.72. The number of hydrogen-bond donors (Lipinski definition) is 0. The van der Waals surface area contributed by atoms with Crippen molar-refractivity contribution in [1.29, 1.82) is 0 Å². The molecule has 22 heavy (non-hydrogen) atoms. The van der Waals surface area contributed by atoms with Gasteiger partial charge in [0.25, 0.3) is 0 Å². The normalized spacial score (nSPS) is 14.6. The molecule has 0 heterocycles. The van der Waals surface area contributed by atoms with Gasteiger partial charge in [-0.1, -0.05) is 48.0 Å². The van der Waals surface area contributed by atoms with Gasteiger partial charge in [0.05, 0.1) is 0 Å². The molecule has 0 fully saturated rings. The summed E-state index contributed by atoms with van der Waals surface area (Å²) in [5, 5.41) is 0. The summed E-state index contributed by atoms with van der Waals surface area (Å²) in [7, 11) is 9.87. The summed E-state index contributed by atoms with van der Waals surface area (Å²) < 4.78 is 0. The molecule has 2 aliphatic rings. The standard InChI is InChI=1S/C19H17.2ClH.Zr/c1-13-10-16-12-15-8-5-9-17(15)19(18(16)11-13)14-6-3-2-4-7-14;;;/h2-4,6-7,10-12H,5,8-9H2,1H3;2*1H;/q;;;+2/p-2. The van der Waals surface area contributed by atoms with Gasteiger partial charge in [0.1, 0.15) is 0 Å².